The molecule has 1 atom stereocenters. The average Bonchev–Trinajstić information content (AvgIpc) is 3.14. The molecule has 0 saturated carbocycles. The van der Waals surface area contributed by atoms with Gasteiger partial charge in [-0.1, -0.05) is 24.9 Å². The molecule has 0 aromatic heterocycles. The highest BCUT2D eigenvalue weighted by Gasteiger charge is 2.24. The van der Waals surface area contributed by atoms with Crippen LogP contribution in [-0.4, -0.2) is 51.6 Å². The number of carbonyl (C=O) groups excluding carboxylic acids is 1. The maximum Gasteiger partial charge on any atom is 0.253 e. The van der Waals surface area contributed by atoms with Crippen LogP contribution in [0.15, 0.2) is 23.1 Å². The molecule has 1 amide bonds. The van der Waals surface area contributed by atoms with E-state index in [4.69, 9.17) is 16.3 Å². The highest BCUT2D eigenvalue weighted by Crippen LogP contribution is 2.24. The molecule has 1 aliphatic heterocycles. The van der Waals surface area contributed by atoms with Crippen LogP contribution in [0.2, 0.25) is 5.02 Å². The number of hydrogen-bond donors (Lipinski definition) is 1. The number of ether oxygens (including phenoxy) is 1. The van der Waals surface area contributed by atoms with E-state index >= 15 is 0 Å². The Bertz CT molecular complexity index is 718. The molecular weight excluding hydrogens is 376 g/mol. The Hall–Kier alpha value is -1.15. The lowest BCUT2D eigenvalue weighted by atomic mass is 10.2. The third-order valence-electron chi connectivity index (χ3n) is 4.44. The van der Waals surface area contributed by atoms with E-state index in [2.05, 4.69) is 11.6 Å². The van der Waals surface area contributed by atoms with Gasteiger partial charge in [-0.25, -0.2) is 13.1 Å². The maximum absolute atomic E-state index is 12.7. The minimum Gasteiger partial charge on any atom is -0.377 e. The van der Waals surface area contributed by atoms with Crippen molar-refractivity contribution in [3.63, 3.8) is 0 Å². The number of carbonyl (C=O) groups is 1. The molecule has 1 fully saturated rings. The molecule has 1 N–H and O–H groups in total. The smallest absolute Gasteiger partial charge is 0.253 e. The summed E-state index contributed by atoms with van der Waals surface area (Å²) in [6, 6.07) is 4.39. The van der Waals surface area contributed by atoms with Crippen LogP contribution in [0.3, 0.4) is 0 Å². The summed E-state index contributed by atoms with van der Waals surface area (Å²) < 4.78 is 33.2. The second kappa shape index (κ2) is 9.69. The van der Waals surface area contributed by atoms with Gasteiger partial charge < -0.3 is 9.64 Å². The summed E-state index contributed by atoms with van der Waals surface area (Å²) >= 11 is 6.10. The first-order chi connectivity index (χ1) is 12.4. The van der Waals surface area contributed by atoms with E-state index in [1.54, 1.807) is 11.0 Å². The van der Waals surface area contributed by atoms with E-state index < -0.39 is 10.0 Å². The molecule has 0 aliphatic carbocycles. The van der Waals surface area contributed by atoms with Gasteiger partial charge in [-0.15, -0.1) is 0 Å². The van der Waals surface area contributed by atoms with Crippen molar-refractivity contribution in [1.82, 2.24) is 9.62 Å². The van der Waals surface area contributed by atoms with Crippen LogP contribution >= 0.6 is 11.6 Å². The van der Waals surface area contributed by atoms with Crippen LogP contribution in [-0.2, 0) is 14.8 Å². The number of halogens is 1. The zero-order valence-corrected chi connectivity index (χ0v) is 16.9. The third-order valence-corrected chi connectivity index (χ3v) is 6.35. The lowest BCUT2D eigenvalue weighted by molar-refractivity contribution is 0.0762. The summed E-state index contributed by atoms with van der Waals surface area (Å²) in [6.07, 6.45) is 3.54. The van der Waals surface area contributed by atoms with E-state index in [0.717, 1.165) is 25.7 Å². The largest absolute Gasteiger partial charge is 0.377 e. The monoisotopic (exact) mass is 402 g/mol. The second-order valence-electron chi connectivity index (χ2n) is 6.37. The first-order valence-electron chi connectivity index (χ1n) is 9.09. The van der Waals surface area contributed by atoms with Crippen LogP contribution in [0, 0.1) is 0 Å². The van der Waals surface area contributed by atoms with Crippen LogP contribution in [0.4, 0.5) is 0 Å². The van der Waals surface area contributed by atoms with Crippen molar-refractivity contribution in [3.8, 4) is 0 Å². The van der Waals surface area contributed by atoms with E-state index in [-0.39, 0.29) is 28.5 Å². The zero-order valence-electron chi connectivity index (χ0n) is 15.3. The number of nitrogens with zero attached hydrogens (tertiary/aromatic N) is 1. The summed E-state index contributed by atoms with van der Waals surface area (Å²) in [5, 5.41) is 0.0954. The minimum absolute atomic E-state index is 0.0745. The second-order valence-corrected chi connectivity index (χ2v) is 8.51. The normalized spacial score (nSPS) is 17.4. The van der Waals surface area contributed by atoms with Crippen LogP contribution in [0.25, 0.3) is 0 Å². The summed E-state index contributed by atoms with van der Waals surface area (Å²) in [5.41, 5.74) is 0.324. The van der Waals surface area contributed by atoms with Gasteiger partial charge in [-0.3, -0.25) is 4.79 Å². The van der Waals surface area contributed by atoms with Crippen molar-refractivity contribution >= 4 is 27.5 Å². The number of amides is 1. The molecule has 1 heterocycles. The Morgan fingerprint density at radius 1 is 1.38 bits per heavy atom. The Labute approximate surface area is 160 Å². The summed E-state index contributed by atoms with van der Waals surface area (Å²) in [6.45, 7) is 6.04. The third kappa shape index (κ3) is 5.42. The lowest BCUT2D eigenvalue weighted by Gasteiger charge is -2.21. The predicted molar refractivity (Wildman–Crippen MR) is 102 cm³/mol. The summed E-state index contributed by atoms with van der Waals surface area (Å²) in [7, 11) is -3.82. The standard InChI is InChI=1S/C18H27ClN2O4S/c1-3-5-10-21(4-2)18(22)14-8-9-16(19)17(12-14)26(23,24)20-13-15-7-6-11-25-15/h8-9,12,15,20H,3-7,10-11,13H2,1-2H3. The van der Waals surface area contributed by atoms with Crippen LogP contribution < -0.4 is 4.72 Å². The van der Waals surface area contributed by atoms with Gasteiger partial charge in [0.15, 0.2) is 0 Å². The molecule has 0 radical (unpaired) electrons. The van der Waals surface area contributed by atoms with Crippen molar-refractivity contribution in [3.05, 3.63) is 28.8 Å². The molecule has 0 bridgehead atoms. The number of benzene rings is 1. The number of unbranched alkanes of at least 4 members (excludes halogenated alkanes) is 1. The number of rotatable bonds is 9. The van der Waals surface area contributed by atoms with E-state index in [9.17, 15) is 13.2 Å². The highest BCUT2D eigenvalue weighted by atomic mass is 35.5. The fourth-order valence-electron chi connectivity index (χ4n) is 2.86. The fourth-order valence-corrected chi connectivity index (χ4v) is 4.45. The van der Waals surface area contributed by atoms with Gasteiger partial charge in [0.1, 0.15) is 4.90 Å². The quantitative estimate of drug-likeness (QED) is 0.688. The summed E-state index contributed by atoms with van der Waals surface area (Å²) in [5.74, 6) is -0.187. The topological polar surface area (TPSA) is 75.7 Å². The Morgan fingerprint density at radius 3 is 2.77 bits per heavy atom. The van der Waals surface area contributed by atoms with Gasteiger partial charge in [0.25, 0.3) is 5.91 Å². The molecule has 0 spiro atoms. The molecule has 1 aromatic carbocycles. The number of nitrogens with one attached hydrogen (secondary N) is 1. The molecular formula is C18H27ClN2O4S. The first kappa shape index (κ1) is 21.2. The number of sulfonamides is 1. The fraction of sp³-hybridized carbons (Fsp3) is 0.611. The van der Waals surface area contributed by atoms with Crippen molar-refractivity contribution in [2.24, 2.45) is 0 Å². The lowest BCUT2D eigenvalue weighted by Crippen LogP contribution is -2.33. The van der Waals surface area contributed by atoms with Crippen molar-refractivity contribution in [2.75, 3.05) is 26.2 Å². The molecule has 8 heteroatoms. The zero-order chi connectivity index (χ0) is 19.2. The molecule has 1 saturated heterocycles. The molecule has 146 valence electrons. The van der Waals surface area contributed by atoms with E-state index in [1.807, 2.05) is 6.92 Å². The SMILES string of the molecule is CCCCN(CC)C(=O)c1ccc(Cl)c(S(=O)(=O)NCC2CCCO2)c1. The molecule has 1 aliphatic rings. The Balaban J connectivity index is 2.18. The first-order valence-corrected chi connectivity index (χ1v) is 10.9. The predicted octanol–water partition coefficient (Wildman–Crippen LogP) is 3.06. The van der Waals surface area contributed by atoms with Crippen molar-refractivity contribution in [1.29, 1.82) is 0 Å². The van der Waals surface area contributed by atoms with E-state index in [1.165, 1.54) is 12.1 Å². The van der Waals surface area contributed by atoms with Gasteiger partial charge in [0.2, 0.25) is 10.0 Å². The maximum atomic E-state index is 12.7. The molecule has 1 unspecified atom stereocenters. The van der Waals surface area contributed by atoms with Gasteiger partial charge >= 0.3 is 0 Å². The van der Waals surface area contributed by atoms with Crippen LogP contribution in [0.5, 0.6) is 0 Å². The molecule has 6 nitrogen and oxygen atoms in total. The van der Waals surface area contributed by atoms with Crippen molar-refractivity contribution in [2.45, 2.75) is 50.5 Å². The summed E-state index contributed by atoms with van der Waals surface area (Å²) in [4.78, 5) is 14.3. The molecule has 1 aromatic rings. The molecule has 2 rings (SSSR count). The van der Waals surface area contributed by atoms with Crippen LogP contribution in [0.1, 0.15) is 49.9 Å². The van der Waals surface area contributed by atoms with Gasteiger partial charge in [0.05, 0.1) is 11.1 Å². The van der Waals surface area contributed by atoms with Gasteiger partial charge in [0, 0.05) is 31.8 Å². The molecule has 26 heavy (non-hydrogen) atoms. The van der Waals surface area contributed by atoms with Gasteiger partial charge in [-0.05, 0) is 44.4 Å². The minimum atomic E-state index is -3.82. The number of hydrogen-bond acceptors (Lipinski definition) is 4. The Morgan fingerprint density at radius 2 is 2.15 bits per heavy atom. The van der Waals surface area contributed by atoms with E-state index in [0.29, 0.717) is 25.3 Å². The Kier molecular flexibility index (Phi) is 7.88. The highest BCUT2D eigenvalue weighted by molar-refractivity contribution is 7.89. The van der Waals surface area contributed by atoms with Gasteiger partial charge in [-0.2, -0.15) is 0 Å². The average molecular weight is 403 g/mol. The van der Waals surface area contributed by atoms with Crippen molar-refractivity contribution < 1.29 is 17.9 Å².